The van der Waals surface area contributed by atoms with Gasteiger partial charge in [-0.2, -0.15) is 0 Å². The fraction of sp³-hybridized carbons (Fsp3) is 0.333. The van der Waals surface area contributed by atoms with Crippen molar-refractivity contribution in [1.82, 2.24) is 0 Å². The molecular formula is C21H24N2O3S. The Kier molecular flexibility index (Phi) is 6.40. The number of amides is 2. The molecule has 0 aromatic heterocycles. The van der Waals surface area contributed by atoms with Crippen molar-refractivity contribution in [3.05, 3.63) is 53.6 Å². The van der Waals surface area contributed by atoms with Crippen molar-refractivity contribution in [3.8, 4) is 5.75 Å². The van der Waals surface area contributed by atoms with Crippen molar-refractivity contribution in [2.45, 2.75) is 19.8 Å². The number of aryl methyl sites for hydroxylation is 2. The van der Waals surface area contributed by atoms with Gasteiger partial charge in [0, 0.05) is 12.2 Å². The normalized spacial score (nSPS) is 13.0. The summed E-state index contributed by atoms with van der Waals surface area (Å²) in [5, 5.41) is 2.87. The third-order valence-electron chi connectivity index (χ3n) is 4.46. The number of anilines is 2. The van der Waals surface area contributed by atoms with E-state index in [2.05, 4.69) is 5.32 Å². The first kappa shape index (κ1) is 19.3. The smallest absolute Gasteiger partial charge is 0.237 e. The van der Waals surface area contributed by atoms with Crippen LogP contribution in [0.5, 0.6) is 5.75 Å². The molecule has 0 bridgehead atoms. The second kappa shape index (κ2) is 8.95. The number of nitrogens with zero attached hydrogens (tertiary/aromatic N) is 1. The van der Waals surface area contributed by atoms with Gasteiger partial charge in [0.05, 0.1) is 24.3 Å². The van der Waals surface area contributed by atoms with Crippen LogP contribution in [0.25, 0.3) is 0 Å². The number of ether oxygens (including phenoxy) is 1. The molecule has 1 N–H and O–H groups in total. The van der Waals surface area contributed by atoms with E-state index in [0.717, 1.165) is 41.1 Å². The monoisotopic (exact) mass is 384 g/mol. The van der Waals surface area contributed by atoms with Gasteiger partial charge in [0.2, 0.25) is 11.8 Å². The molecule has 0 unspecified atom stereocenters. The van der Waals surface area contributed by atoms with Crippen LogP contribution in [-0.2, 0) is 16.0 Å². The lowest BCUT2D eigenvalue weighted by atomic mass is 10.0. The SMILES string of the molecule is COc1cccc2c1N(C(=O)CSCC(=O)Nc1cccc(C)c1)CCC2. The summed E-state index contributed by atoms with van der Waals surface area (Å²) in [6, 6.07) is 13.5. The van der Waals surface area contributed by atoms with Crippen LogP contribution >= 0.6 is 11.8 Å². The van der Waals surface area contributed by atoms with Gasteiger partial charge < -0.3 is 15.0 Å². The lowest BCUT2D eigenvalue weighted by molar-refractivity contribution is -0.116. The Balaban J connectivity index is 1.55. The number of hydrogen-bond donors (Lipinski definition) is 1. The number of fused-ring (bicyclic) bond motifs is 1. The zero-order valence-corrected chi connectivity index (χ0v) is 16.5. The minimum Gasteiger partial charge on any atom is -0.495 e. The first-order valence-electron chi connectivity index (χ1n) is 8.99. The quantitative estimate of drug-likeness (QED) is 0.826. The average Bonchev–Trinajstić information content (AvgIpc) is 2.66. The van der Waals surface area contributed by atoms with E-state index in [4.69, 9.17) is 4.74 Å². The molecule has 2 aromatic carbocycles. The van der Waals surface area contributed by atoms with Gasteiger partial charge in [-0.25, -0.2) is 0 Å². The highest BCUT2D eigenvalue weighted by Crippen LogP contribution is 2.36. The average molecular weight is 385 g/mol. The third kappa shape index (κ3) is 4.83. The Bertz CT molecular complexity index is 824. The number of benzene rings is 2. The van der Waals surface area contributed by atoms with E-state index in [1.54, 1.807) is 12.0 Å². The minimum absolute atomic E-state index is 0.00815. The van der Waals surface area contributed by atoms with Gasteiger partial charge in [-0.1, -0.05) is 24.3 Å². The van der Waals surface area contributed by atoms with E-state index in [-0.39, 0.29) is 23.3 Å². The second-order valence-electron chi connectivity index (χ2n) is 6.53. The molecule has 0 saturated heterocycles. The van der Waals surface area contributed by atoms with Crippen LogP contribution in [0, 0.1) is 6.92 Å². The van der Waals surface area contributed by atoms with E-state index in [9.17, 15) is 9.59 Å². The number of methoxy groups -OCH3 is 1. The van der Waals surface area contributed by atoms with Gasteiger partial charge >= 0.3 is 0 Å². The Morgan fingerprint density at radius 1 is 1.19 bits per heavy atom. The molecule has 6 heteroatoms. The number of thioether (sulfide) groups is 1. The molecule has 142 valence electrons. The second-order valence-corrected chi connectivity index (χ2v) is 7.51. The van der Waals surface area contributed by atoms with Gasteiger partial charge in [0.25, 0.3) is 0 Å². The molecule has 27 heavy (non-hydrogen) atoms. The van der Waals surface area contributed by atoms with Crippen LogP contribution in [0.2, 0.25) is 0 Å². The first-order valence-corrected chi connectivity index (χ1v) is 10.1. The summed E-state index contributed by atoms with van der Waals surface area (Å²) >= 11 is 1.33. The molecule has 0 spiro atoms. The highest BCUT2D eigenvalue weighted by Gasteiger charge is 2.25. The molecule has 0 fully saturated rings. The molecule has 1 aliphatic rings. The highest BCUT2D eigenvalue weighted by molar-refractivity contribution is 8.00. The van der Waals surface area contributed by atoms with Crippen LogP contribution in [-0.4, -0.2) is 37.0 Å². The molecule has 0 saturated carbocycles. The molecule has 0 radical (unpaired) electrons. The molecule has 0 aliphatic carbocycles. The van der Waals surface area contributed by atoms with E-state index in [1.165, 1.54) is 11.8 Å². The van der Waals surface area contributed by atoms with Crippen LogP contribution < -0.4 is 15.0 Å². The fourth-order valence-corrected chi connectivity index (χ4v) is 3.95. The summed E-state index contributed by atoms with van der Waals surface area (Å²) in [7, 11) is 1.62. The van der Waals surface area contributed by atoms with Crippen LogP contribution in [0.4, 0.5) is 11.4 Å². The predicted octanol–water partition coefficient (Wildman–Crippen LogP) is 3.65. The van der Waals surface area contributed by atoms with Crippen LogP contribution in [0.15, 0.2) is 42.5 Å². The molecule has 2 amide bonds. The molecule has 3 rings (SSSR count). The zero-order valence-electron chi connectivity index (χ0n) is 15.7. The predicted molar refractivity (Wildman–Crippen MR) is 111 cm³/mol. The molecule has 0 atom stereocenters. The number of para-hydroxylation sites is 1. The topological polar surface area (TPSA) is 58.6 Å². The highest BCUT2D eigenvalue weighted by atomic mass is 32.2. The van der Waals surface area contributed by atoms with Crippen LogP contribution in [0.3, 0.4) is 0 Å². The Morgan fingerprint density at radius 2 is 2.00 bits per heavy atom. The van der Waals surface area contributed by atoms with Crippen molar-refractivity contribution >= 4 is 35.0 Å². The summed E-state index contributed by atoms with van der Waals surface area (Å²) in [5.74, 6) is 1.14. The first-order chi connectivity index (χ1) is 13.1. The molecular weight excluding hydrogens is 360 g/mol. The zero-order chi connectivity index (χ0) is 19.2. The van der Waals surface area contributed by atoms with Crippen molar-refractivity contribution in [2.24, 2.45) is 0 Å². The van der Waals surface area contributed by atoms with Gasteiger partial charge in [-0.05, 0) is 49.1 Å². The van der Waals surface area contributed by atoms with E-state index < -0.39 is 0 Å². The largest absolute Gasteiger partial charge is 0.495 e. The summed E-state index contributed by atoms with van der Waals surface area (Å²) in [5.41, 5.74) is 3.88. The summed E-state index contributed by atoms with van der Waals surface area (Å²) in [6.07, 6.45) is 1.88. The molecule has 1 aliphatic heterocycles. The van der Waals surface area contributed by atoms with Crippen LogP contribution in [0.1, 0.15) is 17.5 Å². The number of carbonyl (C=O) groups is 2. The van der Waals surface area contributed by atoms with Crippen molar-refractivity contribution in [1.29, 1.82) is 0 Å². The molecule has 1 heterocycles. The van der Waals surface area contributed by atoms with Gasteiger partial charge in [-0.15, -0.1) is 11.8 Å². The third-order valence-corrected chi connectivity index (χ3v) is 5.38. The number of carbonyl (C=O) groups excluding carboxylic acids is 2. The Hall–Kier alpha value is -2.47. The van der Waals surface area contributed by atoms with Gasteiger partial charge in [-0.3, -0.25) is 9.59 Å². The Labute approximate surface area is 164 Å². The molecule has 5 nitrogen and oxygen atoms in total. The van der Waals surface area contributed by atoms with Gasteiger partial charge in [0.15, 0.2) is 0 Å². The van der Waals surface area contributed by atoms with E-state index in [1.807, 2.05) is 49.4 Å². The number of nitrogens with one attached hydrogen (secondary N) is 1. The maximum atomic E-state index is 12.7. The maximum Gasteiger partial charge on any atom is 0.237 e. The Morgan fingerprint density at radius 3 is 2.78 bits per heavy atom. The van der Waals surface area contributed by atoms with E-state index in [0.29, 0.717) is 6.54 Å². The lowest BCUT2D eigenvalue weighted by Gasteiger charge is -2.30. The summed E-state index contributed by atoms with van der Waals surface area (Å²) in [6.45, 7) is 2.66. The van der Waals surface area contributed by atoms with Crippen molar-refractivity contribution < 1.29 is 14.3 Å². The maximum absolute atomic E-state index is 12.7. The van der Waals surface area contributed by atoms with E-state index >= 15 is 0 Å². The van der Waals surface area contributed by atoms with Crippen molar-refractivity contribution in [2.75, 3.05) is 35.4 Å². The summed E-state index contributed by atoms with van der Waals surface area (Å²) < 4.78 is 5.45. The fourth-order valence-electron chi connectivity index (χ4n) is 3.26. The summed E-state index contributed by atoms with van der Waals surface area (Å²) in [4.78, 5) is 26.6. The lowest BCUT2D eigenvalue weighted by Crippen LogP contribution is -2.37. The standard InChI is InChI=1S/C21H24N2O3S/c1-15-6-3-9-17(12-15)22-19(24)13-27-14-20(25)23-11-5-8-16-7-4-10-18(26-2)21(16)23/h3-4,6-7,9-10,12H,5,8,11,13-14H2,1-2H3,(H,22,24). The number of hydrogen-bond acceptors (Lipinski definition) is 4. The van der Waals surface area contributed by atoms with Crippen molar-refractivity contribution in [3.63, 3.8) is 0 Å². The minimum atomic E-state index is -0.102. The number of rotatable bonds is 6. The van der Waals surface area contributed by atoms with Gasteiger partial charge in [0.1, 0.15) is 5.75 Å². The molecule has 2 aromatic rings.